The van der Waals surface area contributed by atoms with Crippen molar-refractivity contribution in [3.05, 3.63) is 21.9 Å². The highest BCUT2D eigenvalue weighted by atomic mass is 127. The van der Waals surface area contributed by atoms with Gasteiger partial charge in [-0.25, -0.2) is 4.98 Å². The molecule has 0 aromatic carbocycles. The molecule has 1 N–H and O–H groups in total. The molecule has 1 heterocycles. The molecule has 0 saturated carbocycles. The van der Waals surface area contributed by atoms with Gasteiger partial charge in [0.1, 0.15) is 5.82 Å². The molecule has 1 aromatic rings. The number of anilines is 1. The van der Waals surface area contributed by atoms with Gasteiger partial charge in [0.15, 0.2) is 0 Å². The summed E-state index contributed by atoms with van der Waals surface area (Å²) in [5.74, 6) is -1.21. The van der Waals surface area contributed by atoms with Gasteiger partial charge in [-0.3, -0.25) is 4.79 Å². The van der Waals surface area contributed by atoms with Gasteiger partial charge in [0.05, 0.1) is 0 Å². The van der Waals surface area contributed by atoms with E-state index in [4.69, 9.17) is 0 Å². The number of alkyl halides is 2. The molecule has 0 radical (unpaired) electrons. The van der Waals surface area contributed by atoms with Gasteiger partial charge in [-0.1, -0.05) is 0 Å². The molecule has 3 nitrogen and oxygen atoms in total. The molecule has 0 aliphatic carbocycles. The average molecular weight is 298 g/mol. The fraction of sp³-hybridized carbons (Fsp3) is 0.143. The largest absolute Gasteiger partial charge is 0.315 e. The molecule has 1 amide bonds. The molecule has 0 aliphatic rings. The summed E-state index contributed by atoms with van der Waals surface area (Å²) in [6.07, 6.45) is -1.54. The molecule has 0 spiro atoms. The molecule has 70 valence electrons. The van der Waals surface area contributed by atoms with Crippen LogP contribution in [0.15, 0.2) is 18.3 Å². The molecule has 0 fully saturated rings. The normalized spacial score (nSPS) is 10.2. The van der Waals surface area contributed by atoms with E-state index in [0.29, 0.717) is 0 Å². The Bertz CT molecular complexity index is 302. The Balaban J connectivity index is 2.65. The predicted octanol–water partition coefficient (Wildman–Crippen LogP) is 1.89. The lowest BCUT2D eigenvalue weighted by molar-refractivity contribution is -0.126. The van der Waals surface area contributed by atoms with E-state index >= 15 is 0 Å². The molecule has 0 saturated heterocycles. The zero-order valence-electron chi connectivity index (χ0n) is 6.30. The fourth-order valence-electron chi connectivity index (χ4n) is 0.631. The number of aromatic nitrogens is 1. The Kier molecular flexibility index (Phi) is 3.52. The third-order valence-electron chi connectivity index (χ3n) is 1.18. The molecular weight excluding hydrogens is 293 g/mol. The topological polar surface area (TPSA) is 42.0 Å². The molecule has 0 unspecified atom stereocenters. The third-order valence-corrected chi connectivity index (χ3v) is 1.81. The maximum Gasteiger partial charge on any atom is 0.315 e. The number of carbonyl (C=O) groups is 1. The van der Waals surface area contributed by atoms with Crippen LogP contribution in [0.5, 0.6) is 0 Å². The van der Waals surface area contributed by atoms with E-state index in [1.54, 1.807) is 6.07 Å². The summed E-state index contributed by atoms with van der Waals surface area (Å²) in [5.41, 5.74) is 0. The van der Waals surface area contributed by atoms with Crippen LogP contribution in [-0.2, 0) is 4.79 Å². The van der Waals surface area contributed by atoms with Crippen LogP contribution in [0.1, 0.15) is 0 Å². The summed E-state index contributed by atoms with van der Waals surface area (Å²) >= 11 is 2.02. The van der Waals surface area contributed by atoms with Crippen LogP contribution in [0.4, 0.5) is 14.6 Å². The first-order valence-corrected chi connectivity index (χ1v) is 4.38. The number of amides is 1. The van der Waals surface area contributed by atoms with E-state index in [1.165, 1.54) is 12.3 Å². The van der Waals surface area contributed by atoms with Crippen molar-refractivity contribution in [3.63, 3.8) is 0 Å². The molecule has 0 bridgehead atoms. The summed E-state index contributed by atoms with van der Waals surface area (Å²) in [6.45, 7) is 0. The number of halogens is 3. The van der Waals surface area contributed by atoms with E-state index in [2.05, 4.69) is 4.98 Å². The predicted molar refractivity (Wildman–Crippen MR) is 51.6 cm³/mol. The van der Waals surface area contributed by atoms with Gasteiger partial charge in [-0.15, -0.1) is 0 Å². The summed E-state index contributed by atoms with van der Waals surface area (Å²) < 4.78 is 24.4. The van der Waals surface area contributed by atoms with Gasteiger partial charge in [0, 0.05) is 9.77 Å². The molecule has 1 rings (SSSR count). The fourth-order valence-corrected chi connectivity index (χ4v) is 0.950. The van der Waals surface area contributed by atoms with Crippen LogP contribution in [0.25, 0.3) is 0 Å². The zero-order valence-corrected chi connectivity index (χ0v) is 8.46. The Morgan fingerprint density at radius 2 is 2.23 bits per heavy atom. The highest BCUT2D eigenvalue weighted by Crippen LogP contribution is 2.07. The smallest absolute Gasteiger partial charge is 0.306 e. The molecule has 0 aliphatic heterocycles. The van der Waals surface area contributed by atoms with E-state index in [9.17, 15) is 13.6 Å². The van der Waals surface area contributed by atoms with Crippen LogP contribution in [0, 0.1) is 3.57 Å². The quantitative estimate of drug-likeness (QED) is 0.847. The lowest BCUT2D eigenvalue weighted by Gasteiger charge is -2.02. The van der Waals surface area contributed by atoms with Gasteiger partial charge in [-0.05, 0) is 34.7 Å². The minimum absolute atomic E-state index is 0.130. The lowest BCUT2D eigenvalue weighted by Crippen LogP contribution is -2.20. The van der Waals surface area contributed by atoms with Crippen molar-refractivity contribution in [1.29, 1.82) is 0 Å². The first-order valence-electron chi connectivity index (χ1n) is 3.30. The van der Waals surface area contributed by atoms with E-state index in [-0.39, 0.29) is 5.82 Å². The Hall–Kier alpha value is -0.790. The van der Waals surface area contributed by atoms with Crippen LogP contribution < -0.4 is 5.32 Å². The highest BCUT2D eigenvalue weighted by Gasteiger charge is 2.14. The van der Waals surface area contributed by atoms with Crippen molar-refractivity contribution in [1.82, 2.24) is 4.98 Å². The van der Waals surface area contributed by atoms with Crippen LogP contribution in [0.3, 0.4) is 0 Å². The van der Waals surface area contributed by atoms with Gasteiger partial charge in [-0.2, -0.15) is 8.78 Å². The number of nitrogens with zero attached hydrogens (tertiary/aromatic N) is 1. The van der Waals surface area contributed by atoms with E-state index in [1.807, 2.05) is 27.9 Å². The van der Waals surface area contributed by atoms with Crippen molar-refractivity contribution in [3.8, 4) is 0 Å². The van der Waals surface area contributed by atoms with Crippen LogP contribution in [0.2, 0.25) is 0 Å². The second kappa shape index (κ2) is 4.45. The Morgan fingerprint density at radius 1 is 1.54 bits per heavy atom. The second-order valence-corrected chi connectivity index (χ2v) is 3.40. The molecular formula is C7H5F2IN2O. The minimum atomic E-state index is -3.01. The monoisotopic (exact) mass is 298 g/mol. The zero-order chi connectivity index (χ0) is 9.84. The number of hydrogen-bond donors (Lipinski definition) is 1. The Morgan fingerprint density at radius 3 is 2.69 bits per heavy atom. The minimum Gasteiger partial charge on any atom is -0.306 e. The van der Waals surface area contributed by atoms with Crippen LogP contribution >= 0.6 is 22.6 Å². The third kappa shape index (κ3) is 3.21. The average Bonchev–Trinajstić information content (AvgIpc) is 2.08. The standard InChI is InChI=1S/C7H5F2IN2O/c8-6(9)7(13)12-5-2-1-4(10)3-11-5/h1-3,6H,(H,11,12,13). The maximum atomic E-state index is 11.8. The van der Waals surface area contributed by atoms with Gasteiger partial charge < -0.3 is 5.32 Å². The number of nitrogens with one attached hydrogen (secondary N) is 1. The van der Waals surface area contributed by atoms with Gasteiger partial charge in [0.2, 0.25) is 0 Å². The SMILES string of the molecule is O=C(Nc1ccc(I)cn1)C(F)F. The van der Waals surface area contributed by atoms with Crippen molar-refractivity contribution in [2.24, 2.45) is 0 Å². The van der Waals surface area contributed by atoms with Crippen molar-refractivity contribution in [2.45, 2.75) is 6.43 Å². The van der Waals surface area contributed by atoms with Gasteiger partial charge in [0.25, 0.3) is 5.91 Å². The lowest BCUT2D eigenvalue weighted by atomic mass is 10.4. The van der Waals surface area contributed by atoms with Crippen molar-refractivity contribution in [2.75, 3.05) is 5.32 Å². The summed E-state index contributed by atoms with van der Waals surface area (Å²) in [7, 11) is 0. The summed E-state index contributed by atoms with van der Waals surface area (Å²) in [6, 6.07) is 3.12. The number of carbonyl (C=O) groups excluding carboxylic acids is 1. The van der Waals surface area contributed by atoms with E-state index in [0.717, 1.165) is 3.57 Å². The number of rotatable bonds is 2. The Labute approximate surface area is 86.7 Å². The molecule has 13 heavy (non-hydrogen) atoms. The first-order chi connectivity index (χ1) is 6.09. The van der Waals surface area contributed by atoms with Crippen LogP contribution in [-0.4, -0.2) is 17.3 Å². The first kappa shape index (κ1) is 10.3. The molecule has 6 heteroatoms. The highest BCUT2D eigenvalue weighted by molar-refractivity contribution is 14.1. The summed E-state index contributed by atoms with van der Waals surface area (Å²) in [5, 5.41) is 1.97. The number of pyridine rings is 1. The van der Waals surface area contributed by atoms with Crippen molar-refractivity contribution >= 4 is 34.3 Å². The molecule has 1 aromatic heterocycles. The number of hydrogen-bond acceptors (Lipinski definition) is 2. The summed E-state index contributed by atoms with van der Waals surface area (Å²) in [4.78, 5) is 14.2. The van der Waals surface area contributed by atoms with E-state index < -0.39 is 12.3 Å². The molecule has 0 atom stereocenters. The van der Waals surface area contributed by atoms with Gasteiger partial charge >= 0.3 is 6.43 Å². The maximum absolute atomic E-state index is 11.8. The second-order valence-electron chi connectivity index (χ2n) is 2.15. The van der Waals surface area contributed by atoms with Crippen molar-refractivity contribution < 1.29 is 13.6 Å².